The first-order valence-electron chi connectivity index (χ1n) is 23.3. The molecule has 3 N–H and O–H groups in total. The summed E-state index contributed by atoms with van der Waals surface area (Å²) in [7, 11) is 0. The van der Waals surface area contributed by atoms with Crippen LogP contribution < -0.4 is 16.4 Å². The molecule has 0 amide bonds. The molecule has 0 aliphatic carbocycles. The summed E-state index contributed by atoms with van der Waals surface area (Å²) in [6, 6.07) is 16.0. The summed E-state index contributed by atoms with van der Waals surface area (Å²) in [6.07, 6.45) is 10.7. The zero-order valence-corrected chi connectivity index (χ0v) is 39.3. The molecule has 348 valence electrons. The molecular formula is C48H55BrN14O4. The van der Waals surface area contributed by atoms with E-state index in [1.807, 2.05) is 60.9 Å². The van der Waals surface area contributed by atoms with E-state index in [-0.39, 0.29) is 28.9 Å². The molecule has 0 saturated carbocycles. The van der Waals surface area contributed by atoms with Gasteiger partial charge in [-0.15, -0.1) is 0 Å². The Morgan fingerprint density at radius 3 is 1.69 bits per heavy atom. The molecule has 67 heavy (non-hydrogen) atoms. The molecule has 0 spiro atoms. The number of aromatic nitrogens is 12. The number of aromatic amines is 2. The molecule has 2 aromatic carbocycles. The maximum absolute atomic E-state index is 12.8. The number of para-hydroxylation sites is 2. The lowest BCUT2D eigenvalue weighted by molar-refractivity contribution is 0.0831. The van der Waals surface area contributed by atoms with Gasteiger partial charge in [0, 0.05) is 92.9 Å². The predicted molar refractivity (Wildman–Crippen MR) is 256 cm³/mol. The maximum atomic E-state index is 12.8. The summed E-state index contributed by atoms with van der Waals surface area (Å²) >= 11 is 3.32. The van der Waals surface area contributed by atoms with Gasteiger partial charge in [0.25, 0.3) is 11.1 Å². The van der Waals surface area contributed by atoms with E-state index in [1.54, 1.807) is 21.4 Å². The normalized spacial score (nSPS) is 21.7. The Balaban J connectivity index is 0.000000132. The third kappa shape index (κ3) is 9.78. The van der Waals surface area contributed by atoms with Gasteiger partial charge >= 0.3 is 0 Å². The first kappa shape index (κ1) is 44.9. The summed E-state index contributed by atoms with van der Waals surface area (Å²) < 4.78 is 14.4. The third-order valence-electron chi connectivity index (χ3n) is 13.5. The lowest BCUT2D eigenvalue weighted by atomic mass is 9.97. The van der Waals surface area contributed by atoms with Crippen LogP contribution >= 0.6 is 15.9 Å². The van der Waals surface area contributed by atoms with Crippen molar-refractivity contribution in [3.05, 3.63) is 129 Å². The van der Waals surface area contributed by atoms with Gasteiger partial charge in [-0.25, -0.2) is 38.9 Å². The summed E-state index contributed by atoms with van der Waals surface area (Å²) in [5, 5.41) is 15.8. The minimum atomic E-state index is -0.130. The van der Waals surface area contributed by atoms with Crippen LogP contribution in [0.5, 0.6) is 0 Å². The largest absolute Gasteiger partial charge is 0.381 e. The zero-order chi connectivity index (χ0) is 45.9. The van der Waals surface area contributed by atoms with Crippen LogP contribution in [-0.2, 0) is 21.3 Å². The monoisotopic (exact) mass is 970 g/mol. The van der Waals surface area contributed by atoms with Crippen LogP contribution in [-0.4, -0.2) is 117 Å². The predicted octanol–water partition coefficient (Wildman–Crippen LogP) is 5.65. The molecule has 0 bridgehead atoms. The molecule has 8 aromatic rings. The van der Waals surface area contributed by atoms with Gasteiger partial charge in [0.2, 0.25) is 0 Å². The summed E-state index contributed by atoms with van der Waals surface area (Å²) in [6.45, 7) is 11.5. The van der Waals surface area contributed by atoms with E-state index in [9.17, 15) is 9.59 Å². The van der Waals surface area contributed by atoms with Gasteiger partial charge in [-0.1, -0.05) is 66.2 Å². The summed E-state index contributed by atoms with van der Waals surface area (Å²) in [5.41, 5.74) is 2.77. The standard InChI is InChI=1S/C24H27N7O2.C15H21N5O2.C9H7BrN2/c1-15-12-30(14-21-25-10-17-4-2-3-5-19(17)27-21)13-18(15)22-28-24(32)20-11-26-23(31(20)29-22)16-6-8-33-9-7-16;1-9-6-16-7-11(9)13-18-15(21)12-8-17-14(20(12)19-13)10-2-4-22-5-3-10;10-5-9-11-6-7-3-1-2-4-8(7)12-9/h2-5,10-11,15-16,18H,6-9,12-14H2,1H3,(H,28,29,32);8-11,16H,2-7H2,1H3,(H,18,19,21);1-4,6H,5H2. The van der Waals surface area contributed by atoms with Crippen LogP contribution in [0.3, 0.4) is 0 Å². The van der Waals surface area contributed by atoms with Crippen molar-refractivity contribution in [2.45, 2.75) is 75.1 Å². The minimum absolute atomic E-state index is 0.102. The summed E-state index contributed by atoms with van der Waals surface area (Å²) in [5.74, 6) is 6.69. The number of alkyl halides is 1. The minimum Gasteiger partial charge on any atom is -0.381 e. The number of hydrogen-bond donors (Lipinski definition) is 3. The van der Waals surface area contributed by atoms with Crippen molar-refractivity contribution in [3.8, 4) is 0 Å². The van der Waals surface area contributed by atoms with Crippen molar-refractivity contribution < 1.29 is 9.47 Å². The quantitative estimate of drug-likeness (QED) is 0.165. The molecule has 4 saturated heterocycles. The van der Waals surface area contributed by atoms with Crippen LogP contribution in [0, 0.1) is 11.8 Å². The highest BCUT2D eigenvalue weighted by Crippen LogP contribution is 2.32. The van der Waals surface area contributed by atoms with E-state index in [0.29, 0.717) is 40.7 Å². The van der Waals surface area contributed by atoms with Crippen LogP contribution in [0.15, 0.2) is 82.9 Å². The van der Waals surface area contributed by atoms with Gasteiger partial charge in [0.1, 0.15) is 34.9 Å². The fourth-order valence-corrected chi connectivity index (χ4v) is 10.0. The number of fused-ring (bicyclic) bond motifs is 4. The van der Waals surface area contributed by atoms with Gasteiger partial charge < -0.3 is 24.8 Å². The molecule has 0 radical (unpaired) electrons. The van der Waals surface area contributed by atoms with Crippen molar-refractivity contribution >= 4 is 48.8 Å². The molecule has 4 unspecified atom stereocenters. The van der Waals surface area contributed by atoms with Gasteiger partial charge in [0.15, 0.2) is 11.0 Å². The van der Waals surface area contributed by atoms with E-state index in [0.717, 1.165) is 135 Å². The molecular weight excluding hydrogens is 917 g/mol. The fraction of sp³-hybridized carbons (Fsp3) is 0.458. The van der Waals surface area contributed by atoms with Crippen molar-refractivity contribution in [2.75, 3.05) is 52.6 Å². The number of rotatable bonds is 7. The maximum Gasteiger partial charge on any atom is 0.276 e. The second-order valence-corrected chi connectivity index (χ2v) is 18.7. The SMILES string of the molecule is BrCc1ncc2ccccc2n1.CC1CN(Cc2ncc3ccccc3n2)CC1c1nn2c(C3CCOCC3)ncc2c(=O)[nH]1.CC1CNCC1c1nn2c(C3CCOCC3)ncc2c(=O)[nH]1. The number of halogens is 1. The van der Waals surface area contributed by atoms with E-state index >= 15 is 0 Å². The Bertz CT molecular complexity index is 3110. The number of nitrogens with one attached hydrogen (secondary N) is 3. The van der Waals surface area contributed by atoms with Gasteiger partial charge in [-0.3, -0.25) is 14.5 Å². The number of hydrogen-bond acceptors (Lipinski definition) is 14. The number of imidazole rings is 2. The highest BCUT2D eigenvalue weighted by Gasteiger charge is 2.34. The average molecular weight is 972 g/mol. The second kappa shape index (κ2) is 20.2. The van der Waals surface area contributed by atoms with E-state index in [4.69, 9.17) is 24.7 Å². The Labute approximate surface area is 394 Å². The molecule has 18 nitrogen and oxygen atoms in total. The molecule has 4 atom stereocenters. The molecule has 10 heterocycles. The van der Waals surface area contributed by atoms with Crippen LogP contribution in [0.2, 0.25) is 0 Å². The van der Waals surface area contributed by atoms with Gasteiger partial charge in [0.05, 0.1) is 35.3 Å². The lowest BCUT2D eigenvalue weighted by Gasteiger charge is -2.21. The molecule has 4 aliphatic heterocycles. The number of benzene rings is 2. The Morgan fingerprint density at radius 2 is 1.15 bits per heavy atom. The highest BCUT2D eigenvalue weighted by molar-refractivity contribution is 9.08. The Hall–Kier alpha value is -5.86. The molecule has 4 aliphatic rings. The number of likely N-dealkylation sites (tertiary alicyclic amines) is 1. The average Bonchev–Trinajstić information content (AvgIpc) is 4.19. The van der Waals surface area contributed by atoms with Crippen molar-refractivity contribution in [1.29, 1.82) is 0 Å². The fourth-order valence-electron chi connectivity index (χ4n) is 9.76. The molecule has 12 rings (SSSR count). The second-order valence-electron chi connectivity index (χ2n) is 18.1. The number of H-pyrrole nitrogens is 2. The smallest absolute Gasteiger partial charge is 0.276 e. The van der Waals surface area contributed by atoms with Crippen LogP contribution in [0.4, 0.5) is 0 Å². The number of ether oxygens (including phenoxy) is 2. The first-order valence-corrected chi connectivity index (χ1v) is 24.4. The summed E-state index contributed by atoms with van der Waals surface area (Å²) in [4.78, 5) is 60.3. The Morgan fingerprint density at radius 1 is 0.627 bits per heavy atom. The van der Waals surface area contributed by atoms with Gasteiger partial charge in [-0.05, 0) is 56.2 Å². The van der Waals surface area contributed by atoms with Crippen LogP contribution in [0.25, 0.3) is 32.8 Å². The molecule has 6 aromatic heterocycles. The first-order chi connectivity index (χ1) is 32.8. The third-order valence-corrected chi connectivity index (χ3v) is 14.0. The molecule has 4 fully saturated rings. The van der Waals surface area contributed by atoms with E-state index in [2.05, 4.69) is 74.9 Å². The Kier molecular flexibility index (Phi) is 13.5. The van der Waals surface area contributed by atoms with Crippen molar-refractivity contribution in [1.82, 2.24) is 69.3 Å². The highest BCUT2D eigenvalue weighted by atomic mass is 79.9. The van der Waals surface area contributed by atoms with E-state index < -0.39 is 0 Å². The number of nitrogens with zero attached hydrogens (tertiary/aromatic N) is 11. The van der Waals surface area contributed by atoms with E-state index in [1.165, 1.54) is 0 Å². The zero-order valence-electron chi connectivity index (χ0n) is 37.7. The van der Waals surface area contributed by atoms with Crippen molar-refractivity contribution in [2.24, 2.45) is 11.8 Å². The lowest BCUT2D eigenvalue weighted by Crippen LogP contribution is -2.24. The van der Waals surface area contributed by atoms with Crippen LogP contribution in [0.1, 0.15) is 98.1 Å². The van der Waals surface area contributed by atoms with Gasteiger partial charge in [-0.2, -0.15) is 10.2 Å². The van der Waals surface area contributed by atoms with Crippen molar-refractivity contribution in [3.63, 3.8) is 0 Å². The molecule has 19 heteroatoms. The topological polar surface area (TPSA) is 211 Å².